The molecule has 0 aliphatic heterocycles. The number of benzene rings is 1. The van der Waals surface area contributed by atoms with Crippen LogP contribution in [0.15, 0.2) is 24.3 Å². The van der Waals surface area contributed by atoms with E-state index in [9.17, 15) is 14.4 Å². The van der Waals surface area contributed by atoms with E-state index >= 15 is 0 Å². The van der Waals surface area contributed by atoms with Gasteiger partial charge in [-0.1, -0.05) is 6.07 Å². The number of aliphatic carboxylic acids is 1. The van der Waals surface area contributed by atoms with Crippen LogP contribution in [-0.4, -0.2) is 54.7 Å². The fourth-order valence-electron chi connectivity index (χ4n) is 1.67. The molecular weight excluding hydrogens is 278 g/mol. The Morgan fingerprint density at radius 1 is 1.38 bits per heavy atom. The number of nitrogens with zero attached hydrogens (tertiary/aromatic N) is 1. The monoisotopic (exact) mass is 295 g/mol. The van der Waals surface area contributed by atoms with Crippen molar-refractivity contribution in [2.24, 2.45) is 5.73 Å². The van der Waals surface area contributed by atoms with E-state index in [0.29, 0.717) is 5.69 Å². The third kappa shape index (κ3) is 5.49. The highest BCUT2D eigenvalue weighted by Gasteiger charge is 2.18. The summed E-state index contributed by atoms with van der Waals surface area (Å²) in [5.41, 5.74) is 5.61. The van der Waals surface area contributed by atoms with Gasteiger partial charge in [-0.3, -0.25) is 9.59 Å². The summed E-state index contributed by atoms with van der Waals surface area (Å²) in [6.07, 6.45) is 0. The van der Waals surface area contributed by atoms with Crippen LogP contribution >= 0.6 is 0 Å². The van der Waals surface area contributed by atoms with Crippen LogP contribution in [0.3, 0.4) is 0 Å². The summed E-state index contributed by atoms with van der Waals surface area (Å²) in [4.78, 5) is 35.0. The van der Waals surface area contributed by atoms with Gasteiger partial charge in [0.05, 0.1) is 6.61 Å². The molecule has 0 saturated carbocycles. The molecule has 1 aromatic carbocycles. The summed E-state index contributed by atoms with van der Waals surface area (Å²) in [6.45, 7) is -0.0664. The van der Waals surface area contributed by atoms with Crippen LogP contribution in [0.2, 0.25) is 0 Å². The van der Waals surface area contributed by atoms with Crippen LogP contribution in [0.25, 0.3) is 0 Å². The van der Waals surface area contributed by atoms with Crippen molar-refractivity contribution in [1.29, 1.82) is 0 Å². The molecule has 0 atom stereocenters. The number of carbonyl (C=O) groups is 3. The van der Waals surface area contributed by atoms with E-state index in [1.54, 1.807) is 12.1 Å². The van der Waals surface area contributed by atoms with Gasteiger partial charge in [0.2, 0.25) is 0 Å². The maximum absolute atomic E-state index is 12.3. The lowest BCUT2D eigenvalue weighted by Crippen LogP contribution is -2.38. The molecule has 0 aliphatic rings. The predicted molar refractivity (Wildman–Crippen MR) is 75.1 cm³/mol. The molecule has 4 N–H and O–H groups in total. The van der Waals surface area contributed by atoms with Crippen molar-refractivity contribution in [1.82, 2.24) is 4.90 Å². The fourth-order valence-corrected chi connectivity index (χ4v) is 1.67. The minimum absolute atomic E-state index is 0.148. The molecule has 3 amide bonds. The highest BCUT2D eigenvalue weighted by atomic mass is 16.5. The molecule has 1 aromatic rings. The molecule has 0 saturated heterocycles. The Morgan fingerprint density at radius 2 is 2.10 bits per heavy atom. The average Bonchev–Trinajstić information content (AvgIpc) is 2.42. The lowest BCUT2D eigenvalue weighted by Gasteiger charge is -2.20. The van der Waals surface area contributed by atoms with Gasteiger partial charge in [0.1, 0.15) is 6.54 Å². The smallest absolute Gasteiger partial charge is 0.323 e. The first-order valence-corrected chi connectivity index (χ1v) is 6.10. The van der Waals surface area contributed by atoms with Crippen LogP contribution in [-0.2, 0) is 9.53 Å². The number of carboxylic acids is 1. The third-order valence-electron chi connectivity index (χ3n) is 2.56. The van der Waals surface area contributed by atoms with E-state index in [4.69, 9.17) is 15.6 Å². The van der Waals surface area contributed by atoms with Crippen molar-refractivity contribution in [3.63, 3.8) is 0 Å². The quantitative estimate of drug-likeness (QED) is 0.670. The maximum Gasteiger partial charge on any atom is 0.323 e. The van der Waals surface area contributed by atoms with Gasteiger partial charge < -0.3 is 25.8 Å². The topological polar surface area (TPSA) is 122 Å². The number of nitrogens with two attached hydrogens (primary N) is 1. The van der Waals surface area contributed by atoms with E-state index in [-0.39, 0.29) is 18.7 Å². The van der Waals surface area contributed by atoms with Crippen molar-refractivity contribution in [2.45, 2.75) is 0 Å². The summed E-state index contributed by atoms with van der Waals surface area (Å²) in [6, 6.07) is 5.33. The Hall–Kier alpha value is -2.61. The van der Waals surface area contributed by atoms with Crippen LogP contribution in [0, 0.1) is 0 Å². The standard InChI is InChI=1S/C13H17N3O5/c1-21-6-5-16(8-11(17)18)12(19)9-3-2-4-10(7-9)15-13(14)20/h2-4,7H,5-6,8H2,1H3,(H,17,18)(H3,14,15,20). The Labute approximate surface area is 121 Å². The molecule has 0 bridgehead atoms. The zero-order valence-electron chi connectivity index (χ0n) is 11.5. The van der Waals surface area contributed by atoms with E-state index in [1.807, 2.05) is 0 Å². The van der Waals surface area contributed by atoms with Gasteiger partial charge in [-0.05, 0) is 18.2 Å². The molecule has 0 heterocycles. The second-order valence-electron chi connectivity index (χ2n) is 4.18. The summed E-state index contributed by atoms with van der Waals surface area (Å²) < 4.78 is 4.86. The van der Waals surface area contributed by atoms with Gasteiger partial charge in [0.25, 0.3) is 5.91 Å². The second-order valence-corrected chi connectivity index (χ2v) is 4.18. The van der Waals surface area contributed by atoms with E-state index < -0.39 is 24.5 Å². The third-order valence-corrected chi connectivity index (χ3v) is 2.56. The number of ether oxygens (including phenoxy) is 1. The average molecular weight is 295 g/mol. The van der Waals surface area contributed by atoms with E-state index in [2.05, 4.69) is 5.32 Å². The number of methoxy groups -OCH3 is 1. The van der Waals surface area contributed by atoms with Gasteiger partial charge >= 0.3 is 12.0 Å². The lowest BCUT2D eigenvalue weighted by atomic mass is 10.1. The SMILES string of the molecule is COCCN(CC(=O)O)C(=O)c1cccc(NC(N)=O)c1. The van der Waals surface area contributed by atoms with Gasteiger partial charge in [-0.15, -0.1) is 0 Å². The van der Waals surface area contributed by atoms with E-state index in [0.717, 1.165) is 4.90 Å². The first-order chi connectivity index (χ1) is 9.93. The molecule has 21 heavy (non-hydrogen) atoms. The van der Waals surface area contributed by atoms with Crippen molar-refractivity contribution in [2.75, 3.05) is 32.1 Å². The Morgan fingerprint density at radius 3 is 2.67 bits per heavy atom. The minimum Gasteiger partial charge on any atom is -0.480 e. The highest BCUT2D eigenvalue weighted by molar-refractivity contribution is 5.97. The van der Waals surface area contributed by atoms with Gasteiger partial charge in [0.15, 0.2) is 0 Å². The second kappa shape index (κ2) is 7.85. The number of nitrogens with one attached hydrogen (secondary N) is 1. The van der Waals surface area contributed by atoms with Crippen LogP contribution in [0.5, 0.6) is 0 Å². The molecule has 8 heteroatoms. The number of anilines is 1. The van der Waals surface area contributed by atoms with Crippen molar-refractivity contribution < 1.29 is 24.2 Å². The normalized spacial score (nSPS) is 9.95. The van der Waals surface area contributed by atoms with Crippen molar-refractivity contribution in [3.05, 3.63) is 29.8 Å². The minimum atomic E-state index is -1.12. The molecular formula is C13H17N3O5. The van der Waals surface area contributed by atoms with Crippen LogP contribution in [0.1, 0.15) is 10.4 Å². The molecule has 0 spiro atoms. The summed E-state index contributed by atoms with van der Waals surface area (Å²) >= 11 is 0. The van der Waals surface area contributed by atoms with E-state index in [1.165, 1.54) is 19.2 Å². The Kier molecular flexibility index (Phi) is 6.15. The number of primary amides is 1. The van der Waals surface area contributed by atoms with Gasteiger partial charge in [0, 0.05) is 24.9 Å². The fraction of sp³-hybridized carbons (Fsp3) is 0.308. The first-order valence-electron chi connectivity index (χ1n) is 6.10. The Balaban J connectivity index is 2.91. The van der Waals surface area contributed by atoms with Gasteiger partial charge in [-0.2, -0.15) is 0 Å². The zero-order chi connectivity index (χ0) is 15.8. The van der Waals surface area contributed by atoms with Crippen LogP contribution in [0.4, 0.5) is 10.5 Å². The number of hydrogen-bond donors (Lipinski definition) is 3. The molecule has 8 nitrogen and oxygen atoms in total. The first kappa shape index (κ1) is 16.4. The molecule has 0 radical (unpaired) electrons. The number of carboxylic acid groups (broad SMARTS) is 1. The highest BCUT2D eigenvalue weighted by Crippen LogP contribution is 2.12. The molecule has 0 fully saturated rings. The summed E-state index contributed by atoms with van der Waals surface area (Å²) in [5.74, 6) is -1.59. The van der Waals surface area contributed by atoms with Gasteiger partial charge in [-0.25, -0.2) is 4.79 Å². The molecule has 0 aliphatic carbocycles. The number of carbonyl (C=O) groups excluding carboxylic acids is 2. The van der Waals surface area contributed by atoms with Crippen molar-refractivity contribution in [3.8, 4) is 0 Å². The summed E-state index contributed by atoms with van der Waals surface area (Å²) in [7, 11) is 1.46. The largest absolute Gasteiger partial charge is 0.480 e. The predicted octanol–water partition coefficient (Wildman–Crippen LogP) is 0.350. The van der Waals surface area contributed by atoms with Crippen LogP contribution < -0.4 is 11.1 Å². The number of rotatable bonds is 7. The number of hydrogen-bond acceptors (Lipinski definition) is 4. The van der Waals surface area contributed by atoms with Crippen molar-refractivity contribution >= 4 is 23.6 Å². The lowest BCUT2D eigenvalue weighted by molar-refractivity contribution is -0.137. The molecule has 0 aromatic heterocycles. The molecule has 114 valence electrons. The number of urea groups is 1. The molecule has 1 rings (SSSR count). The molecule has 0 unspecified atom stereocenters. The zero-order valence-corrected chi connectivity index (χ0v) is 11.5. The summed E-state index contributed by atoms with van der Waals surface area (Å²) in [5, 5.41) is 11.2. The Bertz CT molecular complexity index is 532. The maximum atomic E-state index is 12.3. The number of amides is 3.